The Morgan fingerprint density at radius 2 is 1.92 bits per heavy atom. The van der Waals surface area contributed by atoms with Crippen LogP contribution in [0.4, 0.5) is 0 Å². The quantitative estimate of drug-likeness (QED) is 0.872. The molecule has 1 aliphatic carbocycles. The second-order valence-electron chi connectivity index (χ2n) is 6.67. The summed E-state index contributed by atoms with van der Waals surface area (Å²) >= 11 is 0. The number of rotatable bonds is 5. The second kappa shape index (κ2) is 5.74. The van der Waals surface area contributed by atoms with Gasteiger partial charge >= 0.3 is 5.97 Å². The van der Waals surface area contributed by atoms with Gasteiger partial charge in [-0.2, -0.15) is 4.98 Å². The molecule has 1 fully saturated rings. The molecule has 1 saturated carbocycles. The van der Waals surface area contributed by atoms with Gasteiger partial charge in [-0.1, -0.05) is 49.3 Å². The van der Waals surface area contributed by atoms with Crippen LogP contribution in [-0.4, -0.2) is 27.1 Å². The molecule has 2 aromatic rings. The van der Waals surface area contributed by atoms with E-state index < -0.39 is 29.3 Å². The standard InChI is InChI=1S/C17H19N3O4/c1-9(18-14(21)11-12(16(22)23)17(11,2)3)15-19-13(20-24-15)10-7-5-4-6-8-10/h4-9,11-12H,1-3H3,(H,18,21)(H,22,23)/t9-,11+,12-/m1/s1. The molecule has 24 heavy (non-hydrogen) atoms. The van der Waals surface area contributed by atoms with Crippen LogP contribution in [0.1, 0.15) is 32.7 Å². The lowest BCUT2D eigenvalue weighted by atomic mass is 10.1. The molecule has 0 spiro atoms. The number of nitrogens with one attached hydrogen (secondary N) is 1. The summed E-state index contributed by atoms with van der Waals surface area (Å²) in [6, 6.07) is 8.87. The van der Waals surface area contributed by atoms with Crippen molar-refractivity contribution in [3.63, 3.8) is 0 Å². The number of hydrogen-bond acceptors (Lipinski definition) is 5. The minimum atomic E-state index is -0.947. The number of carboxylic acid groups (broad SMARTS) is 1. The SMILES string of the molecule is C[C@@H](NC(=O)[C@@H]1[C@H](C(=O)O)C1(C)C)c1nc(-c2ccccc2)no1. The third-order valence-corrected chi connectivity index (χ3v) is 4.58. The van der Waals surface area contributed by atoms with Gasteiger partial charge in [0.15, 0.2) is 0 Å². The molecular formula is C17H19N3O4. The maximum Gasteiger partial charge on any atom is 0.307 e. The van der Waals surface area contributed by atoms with E-state index in [9.17, 15) is 9.59 Å². The molecule has 7 nitrogen and oxygen atoms in total. The van der Waals surface area contributed by atoms with Gasteiger partial charge in [0.2, 0.25) is 17.6 Å². The van der Waals surface area contributed by atoms with E-state index in [0.717, 1.165) is 5.56 Å². The number of aliphatic carboxylic acids is 1. The zero-order valence-electron chi connectivity index (χ0n) is 13.7. The van der Waals surface area contributed by atoms with Gasteiger partial charge in [0.1, 0.15) is 6.04 Å². The Bertz CT molecular complexity index is 769. The van der Waals surface area contributed by atoms with Crippen molar-refractivity contribution >= 4 is 11.9 Å². The Labute approximate surface area is 139 Å². The molecule has 1 aromatic heterocycles. The van der Waals surface area contributed by atoms with E-state index in [4.69, 9.17) is 9.63 Å². The lowest BCUT2D eigenvalue weighted by Gasteiger charge is -2.10. The first-order chi connectivity index (χ1) is 11.3. The number of aromatic nitrogens is 2. The van der Waals surface area contributed by atoms with Crippen molar-refractivity contribution in [2.75, 3.05) is 0 Å². The maximum atomic E-state index is 12.3. The van der Waals surface area contributed by atoms with Gasteiger partial charge in [-0.25, -0.2) is 0 Å². The molecule has 1 aromatic carbocycles. The second-order valence-corrected chi connectivity index (χ2v) is 6.67. The van der Waals surface area contributed by atoms with Gasteiger partial charge in [-0.15, -0.1) is 0 Å². The number of hydrogen-bond donors (Lipinski definition) is 2. The minimum absolute atomic E-state index is 0.285. The highest BCUT2D eigenvalue weighted by Gasteiger charge is 2.66. The first-order valence-corrected chi connectivity index (χ1v) is 7.74. The van der Waals surface area contributed by atoms with E-state index in [-0.39, 0.29) is 11.8 Å². The van der Waals surface area contributed by atoms with Gasteiger partial charge < -0.3 is 14.9 Å². The molecule has 1 heterocycles. The van der Waals surface area contributed by atoms with Gasteiger partial charge in [0, 0.05) is 5.56 Å². The van der Waals surface area contributed by atoms with Crippen molar-refractivity contribution in [3.05, 3.63) is 36.2 Å². The van der Waals surface area contributed by atoms with Crippen LogP contribution in [0.2, 0.25) is 0 Å². The smallest absolute Gasteiger partial charge is 0.307 e. The zero-order valence-corrected chi connectivity index (χ0v) is 13.7. The molecule has 1 aliphatic rings. The highest BCUT2D eigenvalue weighted by Crippen LogP contribution is 2.58. The fourth-order valence-electron chi connectivity index (χ4n) is 3.07. The summed E-state index contributed by atoms with van der Waals surface area (Å²) in [5.74, 6) is -1.73. The summed E-state index contributed by atoms with van der Waals surface area (Å²) in [4.78, 5) is 27.8. The van der Waals surface area contributed by atoms with Gasteiger partial charge in [0.25, 0.3) is 0 Å². The fraction of sp³-hybridized carbons (Fsp3) is 0.412. The van der Waals surface area contributed by atoms with Crippen molar-refractivity contribution in [1.82, 2.24) is 15.5 Å². The largest absolute Gasteiger partial charge is 0.481 e. The first-order valence-electron chi connectivity index (χ1n) is 7.74. The van der Waals surface area contributed by atoms with Crippen LogP contribution in [0.25, 0.3) is 11.4 Å². The highest BCUT2D eigenvalue weighted by molar-refractivity contribution is 5.91. The zero-order chi connectivity index (χ0) is 17.5. The number of benzene rings is 1. The monoisotopic (exact) mass is 329 g/mol. The molecule has 0 unspecified atom stereocenters. The Hall–Kier alpha value is -2.70. The van der Waals surface area contributed by atoms with Gasteiger partial charge in [-0.05, 0) is 12.3 Å². The summed E-state index contributed by atoms with van der Waals surface area (Å²) in [7, 11) is 0. The Kier molecular flexibility index (Phi) is 3.87. The highest BCUT2D eigenvalue weighted by atomic mass is 16.5. The average Bonchev–Trinajstić information content (AvgIpc) is 2.90. The predicted octanol–water partition coefficient (Wildman–Crippen LogP) is 2.27. The first kappa shape index (κ1) is 16.2. The van der Waals surface area contributed by atoms with E-state index >= 15 is 0 Å². The molecular weight excluding hydrogens is 310 g/mol. The Morgan fingerprint density at radius 3 is 2.50 bits per heavy atom. The van der Waals surface area contributed by atoms with Crippen molar-refractivity contribution in [3.8, 4) is 11.4 Å². The Morgan fingerprint density at radius 1 is 1.25 bits per heavy atom. The minimum Gasteiger partial charge on any atom is -0.481 e. The molecule has 126 valence electrons. The lowest BCUT2D eigenvalue weighted by molar-refractivity contribution is -0.140. The topological polar surface area (TPSA) is 105 Å². The summed E-state index contributed by atoms with van der Waals surface area (Å²) in [6.45, 7) is 5.28. The molecule has 0 aliphatic heterocycles. The number of nitrogens with zero attached hydrogens (tertiary/aromatic N) is 2. The van der Waals surface area contributed by atoms with Crippen LogP contribution in [0.15, 0.2) is 34.9 Å². The maximum absolute atomic E-state index is 12.3. The van der Waals surface area contributed by atoms with Crippen LogP contribution < -0.4 is 5.32 Å². The third-order valence-electron chi connectivity index (χ3n) is 4.58. The molecule has 3 atom stereocenters. The molecule has 0 bridgehead atoms. The van der Waals surface area contributed by atoms with Crippen LogP contribution in [0, 0.1) is 17.3 Å². The fourth-order valence-corrected chi connectivity index (χ4v) is 3.07. The summed E-state index contributed by atoms with van der Waals surface area (Å²) in [6.07, 6.45) is 0. The van der Waals surface area contributed by atoms with Crippen LogP contribution in [-0.2, 0) is 9.59 Å². The van der Waals surface area contributed by atoms with Gasteiger partial charge in [0.05, 0.1) is 11.8 Å². The number of carbonyl (C=O) groups excluding carboxylic acids is 1. The third kappa shape index (κ3) is 2.77. The van der Waals surface area contributed by atoms with Crippen molar-refractivity contribution in [1.29, 1.82) is 0 Å². The molecule has 0 radical (unpaired) electrons. The van der Waals surface area contributed by atoms with E-state index in [1.54, 1.807) is 20.8 Å². The summed E-state index contributed by atoms with van der Waals surface area (Å²) in [5.41, 5.74) is 0.278. The lowest BCUT2D eigenvalue weighted by Crippen LogP contribution is -2.30. The van der Waals surface area contributed by atoms with E-state index in [1.807, 2.05) is 30.3 Å². The predicted molar refractivity (Wildman–Crippen MR) is 84.7 cm³/mol. The molecule has 7 heteroatoms. The van der Waals surface area contributed by atoms with Crippen LogP contribution in [0.3, 0.4) is 0 Å². The average molecular weight is 329 g/mol. The van der Waals surface area contributed by atoms with Gasteiger partial charge in [-0.3, -0.25) is 9.59 Å². The van der Waals surface area contributed by atoms with Crippen molar-refractivity contribution in [2.24, 2.45) is 17.3 Å². The molecule has 3 rings (SSSR count). The Balaban J connectivity index is 1.68. The van der Waals surface area contributed by atoms with Crippen LogP contribution >= 0.6 is 0 Å². The van der Waals surface area contributed by atoms with E-state index in [0.29, 0.717) is 5.82 Å². The summed E-state index contributed by atoms with van der Waals surface area (Å²) < 4.78 is 5.22. The number of amides is 1. The molecule has 0 saturated heterocycles. The molecule has 2 N–H and O–H groups in total. The van der Waals surface area contributed by atoms with E-state index in [1.165, 1.54) is 0 Å². The summed E-state index contributed by atoms with van der Waals surface area (Å²) in [5, 5.41) is 15.8. The van der Waals surface area contributed by atoms with Crippen molar-refractivity contribution < 1.29 is 19.2 Å². The van der Waals surface area contributed by atoms with Crippen molar-refractivity contribution in [2.45, 2.75) is 26.8 Å². The number of carbonyl (C=O) groups is 2. The molecule has 1 amide bonds. The van der Waals surface area contributed by atoms with Crippen LogP contribution in [0.5, 0.6) is 0 Å². The normalized spacial score (nSPS) is 22.6. The number of carboxylic acids is 1. The van der Waals surface area contributed by atoms with E-state index in [2.05, 4.69) is 15.5 Å².